The Kier molecular flexibility index (Phi) is 3.50. The number of aromatic nitrogens is 2. The SMILES string of the molecule is CC(C)C1CCC(c2c[nH]c(=O)[nH]c2=O)CC1. The molecule has 2 rings (SSSR count). The van der Waals surface area contributed by atoms with E-state index in [4.69, 9.17) is 0 Å². The molecular formula is C13H20N2O2. The summed E-state index contributed by atoms with van der Waals surface area (Å²) >= 11 is 0. The van der Waals surface area contributed by atoms with E-state index < -0.39 is 5.69 Å². The second kappa shape index (κ2) is 4.90. The van der Waals surface area contributed by atoms with Gasteiger partial charge in [0.2, 0.25) is 0 Å². The van der Waals surface area contributed by atoms with Gasteiger partial charge in [0.1, 0.15) is 0 Å². The predicted octanol–water partition coefficient (Wildman–Crippen LogP) is 1.99. The van der Waals surface area contributed by atoms with Crippen molar-refractivity contribution in [1.29, 1.82) is 0 Å². The van der Waals surface area contributed by atoms with Crippen LogP contribution in [-0.4, -0.2) is 9.97 Å². The molecule has 1 heterocycles. The van der Waals surface area contributed by atoms with Gasteiger partial charge in [0, 0.05) is 11.8 Å². The van der Waals surface area contributed by atoms with Crippen molar-refractivity contribution in [3.05, 3.63) is 32.6 Å². The van der Waals surface area contributed by atoms with Crippen LogP contribution in [0.4, 0.5) is 0 Å². The lowest BCUT2D eigenvalue weighted by Crippen LogP contribution is -2.28. The molecule has 0 saturated heterocycles. The molecule has 94 valence electrons. The van der Waals surface area contributed by atoms with Crippen molar-refractivity contribution in [2.45, 2.75) is 45.4 Å². The largest absolute Gasteiger partial charge is 0.325 e. The molecule has 0 amide bonds. The summed E-state index contributed by atoms with van der Waals surface area (Å²) in [5, 5.41) is 0. The van der Waals surface area contributed by atoms with Crippen molar-refractivity contribution < 1.29 is 0 Å². The number of rotatable bonds is 2. The number of aromatic amines is 2. The summed E-state index contributed by atoms with van der Waals surface area (Å²) < 4.78 is 0. The second-order valence-corrected chi connectivity index (χ2v) is 5.38. The summed E-state index contributed by atoms with van der Waals surface area (Å²) in [4.78, 5) is 27.5. The first-order valence-corrected chi connectivity index (χ1v) is 6.40. The molecular weight excluding hydrogens is 216 g/mol. The van der Waals surface area contributed by atoms with E-state index in [-0.39, 0.29) is 5.56 Å². The van der Waals surface area contributed by atoms with E-state index in [9.17, 15) is 9.59 Å². The first kappa shape index (κ1) is 12.1. The smallest absolute Gasteiger partial charge is 0.314 e. The van der Waals surface area contributed by atoms with Gasteiger partial charge in [-0.25, -0.2) is 4.79 Å². The van der Waals surface area contributed by atoms with Gasteiger partial charge in [-0.3, -0.25) is 9.78 Å². The van der Waals surface area contributed by atoms with Crippen molar-refractivity contribution in [3.8, 4) is 0 Å². The Morgan fingerprint density at radius 1 is 1.18 bits per heavy atom. The van der Waals surface area contributed by atoms with Gasteiger partial charge in [-0.1, -0.05) is 13.8 Å². The van der Waals surface area contributed by atoms with Gasteiger partial charge in [-0.2, -0.15) is 0 Å². The summed E-state index contributed by atoms with van der Waals surface area (Å²) in [6.07, 6.45) is 6.05. The van der Waals surface area contributed by atoms with E-state index in [0.717, 1.165) is 30.2 Å². The third-order valence-corrected chi connectivity index (χ3v) is 4.00. The highest BCUT2D eigenvalue weighted by atomic mass is 16.2. The molecule has 1 saturated carbocycles. The van der Waals surface area contributed by atoms with E-state index in [1.54, 1.807) is 6.20 Å². The van der Waals surface area contributed by atoms with Crippen molar-refractivity contribution in [1.82, 2.24) is 9.97 Å². The molecule has 1 aliphatic rings. The normalized spacial score (nSPS) is 25.1. The van der Waals surface area contributed by atoms with E-state index in [1.165, 1.54) is 12.8 Å². The molecule has 0 unspecified atom stereocenters. The standard InChI is InChI=1S/C13H20N2O2/c1-8(2)9-3-5-10(6-4-9)11-7-14-13(17)15-12(11)16/h7-10H,3-6H2,1-2H3,(H2,14,15,16,17). The number of hydrogen-bond donors (Lipinski definition) is 2. The maximum absolute atomic E-state index is 11.7. The van der Waals surface area contributed by atoms with Crippen molar-refractivity contribution in [2.24, 2.45) is 11.8 Å². The van der Waals surface area contributed by atoms with Crippen molar-refractivity contribution >= 4 is 0 Å². The van der Waals surface area contributed by atoms with E-state index in [1.807, 2.05) is 0 Å². The lowest BCUT2D eigenvalue weighted by molar-refractivity contribution is 0.258. The maximum Gasteiger partial charge on any atom is 0.325 e. The summed E-state index contributed by atoms with van der Waals surface area (Å²) in [7, 11) is 0. The summed E-state index contributed by atoms with van der Waals surface area (Å²) in [6, 6.07) is 0. The molecule has 0 aromatic carbocycles. The van der Waals surface area contributed by atoms with Crippen LogP contribution in [0, 0.1) is 11.8 Å². The highest BCUT2D eigenvalue weighted by Gasteiger charge is 2.25. The third-order valence-electron chi connectivity index (χ3n) is 4.00. The molecule has 1 fully saturated rings. The van der Waals surface area contributed by atoms with Crippen LogP contribution in [0.15, 0.2) is 15.8 Å². The van der Waals surface area contributed by atoms with Crippen LogP contribution in [-0.2, 0) is 0 Å². The minimum atomic E-state index is -0.422. The molecule has 2 N–H and O–H groups in total. The Morgan fingerprint density at radius 3 is 2.35 bits per heavy atom. The van der Waals surface area contributed by atoms with Crippen LogP contribution in [0.25, 0.3) is 0 Å². The average molecular weight is 236 g/mol. The fourth-order valence-corrected chi connectivity index (χ4v) is 2.82. The van der Waals surface area contributed by atoms with Gasteiger partial charge in [0.15, 0.2) is 0 Å². The van der Waals surface area contributed by atoms with Crippen LogP contribution in [0.1, 0.15) is 51.0 Å². The maximum atomic E-state index is 11.7. The molecule has 0 spiro atoms. The molecule has 0 bridgehead atoms. The van der Waals surface area contributed by atoms with Crippen LogP contribution >= 0.6 is 0 Å². The first-order chi connectivity index (χ1) is 8.08. The first-order valence-electron chi connectivity index (χ1n) is 6.40. The van der Waals surface area contributed by atoms with Gasteiger partial charge in [0.25, 0.3) is 5.56 Å². The lowest BCUT2D eigenvalue weighted by Gasteiger charge is -2.30. The molecule has 1 aliphatic carbocycles. The molecule has 0 aliphatic heterocycles. The molecule has 1 aromatic heterocycles. The number of nitrogens with one attached hydrogen (secondary N) is 2. The van der Waals surface area contributed by atoms with Crippen LogP contribution in [0.5, 0.6) is 0 Å². The molecule has 1 aromatic rings. The Bertz CT molecular complexity index is 479. The summed E-state index contributed by atoms with van der Waals surface area (Å²) in [5.41, 5.74) is 0.100. The fourth-order valence-electron chi connectivity index (χ4n) is 2.82. The molecule has 4 heteroatoms. The number of H-pyrrole nitrogens is 2. The van der Waals surface area contributed by atoms with Gasteiger partial charge in [-0.05, 0) is 43.4 Å². The van der Waals surface area contributed by atoms with Crippen LogP contribution in [0.3, 0.4) is 0 Å². The zero-order chi connectivity index (χ0) is 12.4. The Hall–Kier alpha value is -1.32. The quantitative estimate of drug-likeness (QED) is 0.824. The predicted molar refractivity (Wildman–Crippen MR) is 67.2 cm³/mol. The Labute approximate surface area is 100 Å². The number of hydrogen-bond acceptors (Lipinski definition) is 2. The Morgan fingerprint density at radius 2 is 1.82 bits per heavy atom. The van der Waals surface area contributed by atoms with Gasteiger partial charge >= 0.3 is 5.69 Å². The van der Waals surface area contributed by atoms with E-state index >= 15 is 0 Å². The zero-order valence-electron chi connectivity index (χ0n) is 10.5. The monoisotopic (exact) mass is 236 g/mol. The fraction of sp³-hybridized carbons (Fsp3) is 0.692. The van der Waals surface area contributed by atoms with Crippen molar-refractivity contribution in [3.63, 3.8) is 0 Å². The summed E-state index contributed by atoms with van der Waals surface area (Å²) in [5.74, 6) is 1.82. The van der Waals surface area contributed by atoms with Crippen LogP contribution in [0.2, 0.25) is 0 Å². The minimum Gasteiger partial charge on any atom is -0.314 e. The van der Waals surface area contributed by atoms with E-state index in [2.05, 4.69) is 23.8 Å². The van der Waals surface area contributed by atoms with Crippen molar-refractivity contribution in [2.75, 3.05) is 0 Å². The lowest BCUT2D eigenvalue weighted by atomic mass is 9.75. The highest BCUT2D eigenvalue weighted by molar-refractivity contribution is 5.11. The van der Waals surface area contributed by atoms with Crippen LogP contribution < -0.4 is 11.2 Å². The highest BCUT2D eigenvalue weighted by Crippen LogP contribution is 2.37. The Balaban J connectivity index is 2.11. The minimum absolute atomic E-state index is 0.221. The summed E-state index contributed by atoms with van der Waals surface area (Å²) in [6.45, 7) is 4.52. The van der Waals surface area contributed by atoms with Gasteiger partial charge < -0.3 is 4.98 Å². The van der Waals surface area contributed by atoms with Gasteiger partial charge in [-0.15, -0.1) is 0 Å². The topological polar surface area (TPSA) is 65.7 Å². The zero-order valence-corrected chi connectivity index (χ0v) is 10.5. The molecule has 17 heavy (non-hydrogen) atoms. The van der Waals surface area contributed by atoms with Gasteiger partial charge in [0.05, 0.1) is 0 Å². The third kappa shape index (κ3) is 2.68. The second-order valence-electron chi connectivity index (χ2n) is 5.38. The molecule has 0 radical (unpaired) electrons. The molecule has 0 atom stereocenters. The molecule has 4 nitrogen and oxygen atoms in total. The van der Waals surface area contributed by atoms with E-state index in [0.29, 0.717) is 5.92 Å². The average Bonchev–Trinajstić information content (AvgIpc) is 2.29.